The van der Waals surface area contributed by atoms with Crippen LogP contribution in [0, 0.1) is 0 Å². The molecule has 3 nitrogen and oxygen atoms in total. The number of hydrogen-bond acceptors (Lipinski definition) is 2. The normalized spacial score (nSPS) is 9.44. The van der Waals surface area contributed by atoms with E-state index in [-0.39, 0.29) is 0 Å². The molecule has 48 valence electrons. The summed E-state index contributed by atoms with van der Waals surface area (Å²) >= 11 is 0. The van der Waals surface area contributed by atoms with E-state index >= 15 is 0 Å². The highest BCUT2D eigenvalue weighted by Crippen LogP contribution is 1.85. The van der Waals surface area contributed by atoms with Gasteiger partial charge in [0.05, 0.1) is 0 Å². The van der Waals surface area contributed by atoms with Gasteiger partial charge in [0.2, 0.25) is 0 Å². The lowest BCUT2D eigenvalue weighted by molar-refractivity contribution is 0.0877. The Hall–Kier alpha value is -1.19. The number of imidazole rings is 1. The monoisotopic (exact) mass is 128 g/mol. The minimum absolute atomic E-state index is 0.590. The van der Waals surface area contributed by atoms with Crippen molar-refractivity contribution >= 4 is 5.91 Å². The van der Waals surface area contributed by atoms with Gasteiger partial charge in [0.25, 0.3) is 5.91 Å². The second-order valence-corrected chi connectivity index (χ2v) is 1.50. The second kappa shape index (κ2) is 2.39. The summed E-state index contributed by atoms with van der Waals surface area (Å²) in [6.45, 7) is -0.976. The third kappa shape index (κ3) is 1.13. The van der Waals surface area contributed by atoms with Crippen molar-refractivity contribution in [2.45, 2.75) is 0 Å². The van der Waals surface area contributed by atoms with Gasteiger partial charge < -0.3 is 0 Å². The number of hydrogen-bond donors (Lipinski definition) is 0. The molecule has 0 atom stereocenters. The zero-order chi connectivity index (χ0) is 6.69. The van der Waals surface area contributed by atoms with Gasteiger partial charge in [0.1, 0.15) is 6.33 Å². The molecule has 1 rings (SSSR count). The largest absolute Gasteiger partial charge is 0.274 e. The van der Waals surface area contributed by atoms with Crippen molar-refractivity contribution in [3.05, 3.63) is 18.7 Å². The molecule has 0 unspecified atom stereocenters. The molecule has 0 fully saturated rings. The third-order valence-electron chi connectivity index (χ3n) is 0.907. The quantitative estimate of drug-likeness (QED) is 0.551. The third-order valence-corrected chi connectivity index (χ3v) is 0.907. The van der Waals surface area contributed by atoms with Crippen molar-refractivity contribution in [1.82, 2.24) is 9.55 Å². The first-order chi connectivity index (χ1) is 4.34. The molecular formula is C5H5FN2O. The van der Waals surface area contributed by atoms with E-state index in [0.29, 0.717) is 0 Å². The molecule has 4 heteroatoms. The van der Waals surface area contributed by atoms with Gasteiger partial charge in [-0.1, -0.05) is 0 Å². The average Bonchev–Trinajstić information content (AvgIpc) is 2.37. The summed E-state index contributed by atoms with van der Waals surface area (Å²) in [5.41, 5.74) is 0. The van der Waals surface area contributed by atoms with Crippen LogP contribution in [0.2, 0.25) is 0 Å². The Kier molecular flexibility index (Phi) is 1.58. The summed E-state index contributed by atoms with van der Waals surface area (Å²) in [7, 11) is 0. The first kappa shape index (κ1) is 5.94. The summed E-state index contributed by atoms with van der Waals surface area (Å²) in [5.74, 6) is -0.590. The molecule has 0 amide bonds. The van der Waals surface area contributed by atoms with Crippen molar-refractivity contribution in [2.24, 2.45) is 0 Å². The van der Waals surface area contributed by atoms with E-state index < -0.39 is 12.6 Å². The zero-order valence-corrected chi connectivity index (χ0v) is 4.62. The summed E-state index contributed by atoms with van der Waals surface area (Å²) in [6.07, 6.45) is 4.09. The molecule has 0 N–H and O–H groups in total. The van der Waals surface area contributed by atoms with Gasteiger partial charge in [0, 0.05) is 12.4 Å². The van der Waals surface area contributed by atoms with Crippen LogP contribution >= 0.6 is 0 Å². The molecule has 0 aliphatic carbocycles. The highest BCUT2D eigenvalue weighted by molar-refractivity contribution is 5.79. The van der Waals surface area contributed by atoms with Crippen molar-refractivity contribution in [2.75, 3.05) is 6.67 Å². The molecule has 0 aliphatic heterocycles. The Morgan fingerprint density at radius 3 is 3.00 bits per heavy atom. The molecule has 0 spiro atoms. The van der Waals surface area contributed by atoms with Crippen LogP contribution in [0.3, 0.4) is 0 Å². The lowest BCUT2D eigenvalue weighted by Gasteiger charge is -1.90. The Morgan fingerprint density at radius 1 is 1.78 bits per heavy atom. The molecule has 9 heavy (non-hydrogen) atoms. The summed E-state index contributed by atoms with van der Waals surface area (Å²) in [4.78, 5) is 14.0. The Morgan fingerprint density at radius 2 is 2.56 bits per heavy atom. The molecule has 1 aromatic rings. The smallest absolute Gasteiger partial charge is 0.263 e. The van der Waals surface area contributed by atoms with Crippen molar-refractivity contribution < 1.29 is 9.18 Å². The fourth-order valence-corrected chi connectivity index (χ4v) is 0.476. The molecule has 0 saturated carbocycles. The van der Waals surface area contributed by atoms with Crippen LogP contribution < -0.4 is 0 Å². The van der Waals surface area contributed by atoms with E-state index in [0.717, 1.165) is 4.57 Å². The molecule has 0 radical (unpaired) electrons. The number of nitrogens with zero attached hydrogens (tertiary/aromatic N) is 2. The van der Waals surface area contributed by atoms with Crippen LogP contribution in [0.1, 0.15) is 4.79 Å². The SMILES string of the molecule is O=C(CF)n1ccnc1. The second-order valence-electron chi connectivity index (χ2n) is 1.50. The Balaban J connectivity index is 2.77. The van der Waals surface area contributed by atoms with Crippen LogP contribution in [-0.2, 0) is 0 Å². The maximum atomic E-state index is 11.6. The number of halogens is 1. The topological polar surface area (TPSA) is 34.9 Å². The van der Waals surface area contributed by atoms with Crippen molar-refractivity contribution in [3.8, 4) is 0 Å². The van der Waals surface area contributed by atoms with E-state index in [9.17, 15) is 9.18 Å². The zero-order valence-electron chi connectivity index (χ0n) is 4.62. The van der Waals surface area contributed by atoms with Gasteiger partial charge >= 0.3 is 0 Å². The molecule has 0 saturated heterocycles. The van der Waals surface area contributed by atoms with E-state index in [1.165, 1.54) is 18.7 Å². The number of carbonyl (C=O) groups excluding carboxylic acids is 1. The van der Waals surface area contributed by atoms with Gasteiger partial charge in [-0.05, 0) is 0 Å². The van der Waals surface area contributed by atoms with E-state index in [4.69, 9.17) is 0 Å². The van der Waals surface area contributed by atoms with Crippen LogP contribution in [0.5, 0.6) is 0 Å². The van der Waals surface area contributed by atoms with Crippen LogP contribution in [0.4, 0.5) is 4.39 Å². The molecular weight excluding hydrogens is 123 g/mol. The van der Waals surface area contributed by atoms with Crippen LogP contribution in [-0.4, -0.2) is 22.1 Å². The summed E-state index contributed by atoms with van der Waals surface area (Å²) in [5, 5.41) is 0. The van der Waals surface area contributed by atoms with Gasteiger partial charge in [-0.2, -0.15) is 0 Å². The number of alkyl halides is 1. The standard InChI is InChI=1S/C5H5FN2O/c6-3-5(9)8-2-1-7-4-8/h1-2,4H,3H2. The minimum Gasteiger partial charge on any atom is -0.274 e. The average molecular weight is 128 g/mol. The van der Waals surface area contributed by atoms with E-state index in [1.54, 1.807) is 0 Å². The van der Waals surface area contributed by atoms with Crippen molar-refractivity contribution in [3.63, 3.8) is 0 Å². The highest BCUT2D eigenvalue weighted by Gasteiger charge is 1.99. The summed E-state index contributed by atoms with van der Waals surface area (Å²) < 4.78 is 12.6. The number of carbonyl (C=O) groups is 1. The first-order valence-electron chi connectivity index (χ1n) is 2.41. The Labute approximate surface area is 51.1 Å². The minimum atomic E-state index is -0.976. The van der Waals surface area contributed by atoms with Gasteiger partial charge in [-0.3, -0.25) is 9.36 Å². The highest BCUT2D eigenvalue weighted by atomic mass is 19.1. The van der Waals surface area contributed by atoms with Gasteiger partial charge in [-0.25, -0.2) is 9.37 Å². The molecule has 0 aliphatic rings. The lowest BCUT2D eigenvalue weighted by Crippen LogP contribution is -2.09. The molecule has 0 bridgehead atoms. The Bertz CT molecular complexity index is 195. The summed E-state index contributed by atoms with van der Waals surface area (Å²) in [6, 6.07) is 0. The van der Waals surface area contributed by atoms with E-state index in [2.05, 4.69) is 4.98 Å². The molecule has 0 aromatic carbocycles. The maximum absolute atomic E-state index is 11.6. The number of rotatable bonds is 1. The fourth-order valence-electron chi connectivity index (χ4n) is 0.476. The first-order valence-corrected chi connectivity index (χ1v) is 2.41. The predicted octanol–water partition coefficient (Wildman–Crippen LogP) is 0.493. The fraction of sp³-hybridized carbons (Fsp3) is 0.200. The van der Waals surface area contributed by atoms with E-state index in [1.807, 2.05) is 0 Å². The van der Waals surface area contributed by atoms with Gasteiger partial charge in [0.15, 0.2) is 6.67 Å². The maximum Gasteiger partial charge on any atom is 0.263 e. The van der Waals surface area contributed by atoms with Crippen molar-refractivity contribution in [1.29, 1.82) is 0 Å². The molecule has 1 aromatic heterocycles. The predicted molar refractivity (Wildman–Crippen MR) is 28.8 cm³/mol. The number of aromatic nitrogens is 2. The lowest BCUT2D eigenvalue weighted by atomic mass is 10.6. The molecule has 1 heterocycles. The van der Waals surface area contributed by atoms with Crippen LogP contribution in [0.25, 0.3) is 0 Å². The van der Waals surface area contributed by atoms with Crippen LogP contribution in [0.15, 0.2) is 18.7 Å². The van der Waals surface area contributed by atoms with Gasteiger partial charge in [-0.15, -0.1) is 0 Å².